The maximum absolute atomic E-state index is 13.5. The monoisotopic (exact) mass is 389 g/mol. The topological polar surface area (TPSA) is 46.9 Å². The number of nitrogens with zero attached hydrogens (tertiary/aromatic N) is 2. The van der Waals surface area contributed by atoms with Crippen molar-refractivity contribution in [3.8, 4) is 0 Å². The van der Waals surface area contributed by atoms with Gasteiger partial charge in [0, 0.05) is 31.4 Å². The number of halogens is 4. The molecule has 152 valence electrons. The fraction of sp³-hybridized carbons (Fsp3) is 0.789. The highest BCUT2D eigenvalue weighted by molar-refractivity contribution is 5.91. The fourth-order valence-electron chi connectivity index (χ4n) is 3.85. The molecule has 1 heterocycles. The van der Waals surface area contributed by atoms with Gasteiger partial charge in [0.2, 0.25) is 5.91 Å². The predicted octanol–water partition coefficient (Wildman–Crippen LogP) is 4.90. The summed E-state index contributed by atoms with van der Waals surface area (Å²) >= 11 is 0. The second-order valence-electron chi connectivity index (χ2n) is 9.18. The number of alkyl halides is 4. The van der Waals surface area contributed by atoms with Gasteiger partial charge in [-0.3, -0.25) is 9.48 Å². The summed E-state index contributed by atoms with van der Waals surface area (Å²) in [4.78, 5) is 12.3. The van der Waals surface area contributed by atoms with Crippen molar-refractivity contribution in [2.24, 2.45) is 18.4 Å². The number of hydrogen-bond acceptors (Lipinski definition) is 2. The van der Waals surface area contributed by atoms with E-state index < -0.39 is 36.5 Å². The third kappa shape index (κ3) is 3.72. The van der Waals surface area contributed by atoms with Crippen molar-refractivity contribution in [1.82, 2.24) is 9.78 Å². The Labute approximate surface area is 156 Å². The number of amides is 1. The standard InChI is InChI=1S/C19H27F4N3O/c1-17(2,3)10-13-15(11-6-5-7-11)16(26(4)25-13)24-14(27)8-12-9-18(20,21)19(12,22)23/h11-12H,5-10H2,1-4H3,(H,24,27)/t12-/m0/s1. The van der Waals surface area contributed by atoms with E-state index in [1.807, 2.05) is 0 Å². The zero-order valence-electron chi connectivity index (χ0n) is 16.2. The highest BCUT2D eigenvalue weighted by atomic mass is 19.3. The first-order valence-corrected chi connectivity index (χ1v) is 9.43. The average molecular weight is 389 g/mol. The Morgan fingerprint density at radius 1 is 1.26 bits per heavy atom. The summed E-state index contributed by atoms with van der Waals surface area (Å²) in [6.45, 7) is 6.30. The SMILES string of the molecule is Cn1nc(CC(C)(C)C)c(C2CCC2)c1NC(=O)C[C@H]1CC(F)(F)C1(F)F. The van der Waals surface area contributed by atoms with Crippen LogP contribution in [-0.2, 0) is 18.3 Å². The Balaban J connectivity index is 1.77. The van der Waals surface area contributed by atoms with Crippen molar-refractivity contribution < 1.29 is 22.4 Å². The second kappa shape index (κ2) is 6.48. The molecule has 0 aliphatic heterocycles. The van der Waals surface area contributed by atoms with Gasteiger partial charge in [-0.25, -0.2) is 0 Å². The van der Waals surface area contributed by atoms with Crippen LogP contribution in [0.15, 0.2) is 0 Å². The van der Waals surface area contributed by atoms with E-state index in [9.17, 15) is 22.4 Å². The first kappa shape index (κ1) is 20.1. The maximum atomic E-state index is 13.5. The Hall–Kier alpha value is -1.60. The van der Waals surface area contributed by atoms with E-state index in [4.69, 9.17) is 0 Å². The summed E-state index contributed by atoms with van der Waals surface area (Å²) in [5, 5.41) is 7.23. The van der Waals surface area contributed by atoms with Gasteiger partial charge in [-0.2, -0.15) is 22.7 Å². The summed E-state index contributed by atoms with van der Waals surface area (Å²) in [6, 6.07) is 0. The molecule has 1 aromatic heterocycles. The van der Waals surface area contributed by atoms with Crippen LogP contribution in [0.3, 0.4) is 0 Å². The molecule has 0 radical (unpaired) electrons. The molecular weight excluding hydrogens is 362 g/mol. The van der Waals surface area contributed by atoms with E-state index in [2.05, 4.69) is 31.2 Å². The molecule has 0 saturated heterocycles. The van der Waals surface area contributed by atoms with Crippen LogP contribution in [0.25, 0.3) is 0 Å². The molecule has 2 aliphatic rings. The molecule has 0 spiro atoms. The van der Waals surface area contributed by atoms with Crippen LogP contribution < -0.4 is 5.32 Å². The number of nitrogens with one attached hydrogen (secondary N) is 1. The van der Waals surface area contributed by atoms with Crippen LogP contribution in [0.1, 0.15) is 70.1 Å². The lowest BCUT2D eigenvalue weighted by Crippen LogP contribution is -2.59. The van der Waals surface area contributed by atoms with Gasteiger partial charge in [-0.05, 0) is 30.6 Å². The number of anilines is 1. The first-order valence-electron chi connectivity index (χ1n) is 9.43. The molecular formula is C19H27F4N3O. The third-order valence-electron chi connectivity index (χ3n) is 5.56. The first-order chi connectivity index (χ1) is 12.3. The van der Waals surface area contributed by atoms with Crippen LogP contribution in [0.4, 0.5) is 23.4 Å². The Kier molecular flexibility index (Phi) is 4.84. The minimum absolute atomic E-state index is 0.00764. The van der Waals surface area contributed by atoms with Crippen molar-refractivity contribution in [2.75, 3.05) is 5.32 Å². The number of aromatic nitrogens is 2. The maximum Gasteiger partial charge on any atom is 0.313 e. The minimum Gasteiger partial charge on any atom is -0.311 e. The summed E-state index contributed by atoms with van der Waals surface area (Å²) in [5.41, 5.74) is 1.89. The summed E-state index contributed by atoms with van der Waals surface area (Å²) in [7, 11) is 1.70. The van der Waals surface area contributed by atoms with Crippen molar-refractivity contribution in [2.45, 2.75) is 77.1 Å². The number of carbonyl (C=O) groups excluding carboxylic acids is 1. The molecule has 1 N–H and O–H groups in total. The lowest BCUT2D eigenvalue weighted by Gasteiger charge is -2.43. The molecule has 8 heteroatoms. The van der Waals surface area contributed by atoms with Crippen LogP contribution in [0.5, 0.6) is 0 Å². The Morgan fingerprint density at radius 2 is 1.89 bits per heavy atom. The molecule has 0 unspecified atom stereocenters. The molecule has 4 nitrogen and oxygen atoms in total. The quantitative estimate of drug-likeness (QED) is 0.729. The van der Waals surface area contributed by atoms with Crippen LogP contribution >= 0.6 is 0 Å². The van der Waals surface area contributed by atoms with E-state index in [1.54, 1.807) is 11.7 Å². The number of aryl methyl sites for hydroxylation is 1. The lowest BCUT2D eigenvalue weighted by molar-refractivity contribution is -0.313. The van der Waals surface area contributed by atoms with E-state index >= 15 is 0 Å². The molecule has 3 rings (SSSR count). The third-order valence-corrected chi connectivity index (χ3v) is 5.56. The highest BCUT2D eigenvalue weighted by Gasteiger charge is 2.71. The molecule has 27 heavy (non-hydrogen) atoms. The van der Waals surface area contributed by atoms with E-state index in [0.717, 1.165) is 36.9 Å². The van der Waals surface area contributed by atoms with Crippen LogP contribution in [-0.4, -0.2) is 27.5 Å². The Morgan fingerprint density at radius 3 is 2.33 bits per heavy atom. The molecule has 1 atom stereocenters. The van der Waals surface area contributed by atoms with Gasteiger partial charge >= 0.3 is 11.8 Å². The van der Waals surface area contributed by atoms with Crippen molar-refractivity contribution in [3.63, 3.8) is 0 Å². The number of hydrogen-bond donors (Lipinski definition) is 1. The normalized spacial score (nSPS) is 24.2. The summed E-state index contributed by atoms with van der Waals surface area (Å²) in [5.74, 6) is -9.62. The lowest BCUT2D eigenvalue weighted by atomic mass is 9.74. The summed E-state index contributed by atoms with van der Waals surface area (Å²) < 4.78 is 54.5. The van der Waals surface area contributed by atoms with Crippen LogP contribution in [0.2, 0.25) is 0 Å². The molecule has 2 aliphatic carbocycles. The predicted molar refractivity (Wildman–Crippen MR) is 94.2 cm³/mol. The smallest absolute Gasteiger partial charge is 0.311 e. The molecule has 0 aromatic carbocycles. The van der Waals surface area contributed by atoms with Crippen molar-refractivity contribution >= 4 is 11.7 Å². The van der Waals surface area contributed by atoms with Crippen molar-refractivity contribution in [1.29, 1.82) is 0 Å². The number of carbonyl (C=O) groups is 1. The number of rotatable bonds is 5. The Bertz CT molecular complexity index is 732. The zero-order chi connectivity index (χ0) is 20.2. The molecule has 2 fully saturated rings. The van der Waals surface area contributed by atoms with E-state index in [1.165, 1.54) is 0 Å². The highest BCUT2D eigenvalue weighted by Crippen LogP contribution is 2.56. The van der Waals surface area contributed by atoms with Gasteiger partial charge in [-0.15, -0.1) is 0 Å². The van der Waals surface area contributed by atoms with Crippen molar-refractivity contribution in [3.05, 3.63) is 11.3 Å². The molecule has 0 bridgehead atoms. The van der Waals surface area contributed by atoms with Gasteiger partial charge in [0.05, 0.1) is 5.69 Å². The molecule has 1 amide bonds. The van der Waals surface area contributed by atoms with Crippen LogP contribution in [0, 0.1) is 11.3 Å². The van der Waals surface area contributed by atoms with E-state index in [-0.39, 0.29) is 5.41 Å². The fourth-order valence-corrected chi connectivity index (χ4v) is 3.85. The van der Waals surface area contributed by atoms with Gasteiger partial charge in [0.25, 0.3) is 0 Å². The van der Waals surface area contributed by atoms with E-state index in [0.29, 0.717) is 11.7 Å². The summed E-state index contributed by atoms with van der Waals surface area (Å²) in [6.07, 6.45) is 2.26. The van der Waals surface area contributed by atoms with Gasteiger partial charge in [0.15, 0.2) is 0 Å². The van der Waals surface area contributed by atoms with Gasteiger partial charge in [-0.1, -0.05) is 27.2 Å². The van der Waals surface area contributed by atoms with Gasteiger partial charge < -0.3 is 5.32 Å². The molecule has 1 aromatic rings. The second-order valence-corrected chi connectivity index (χ2v) is 9.18. The minimum atomic E-state index is -4.12. The molecule has 2 saturated carbocycles. The van der Waals surface area contributed by atoms with Gasteiger partial charge in [0.1, 0.15) is 5.82 Å². The average Bonchev–Trinajstić information content (AvgIpc) is 2.71. The largest absolute Gasteiger partial charge is 0.313 e. The zero-order valence-corrected chi connectivity index (χ0v) is 16.2.